The van der Waals surface area contributed by atoms with Crippen molar-refractivity contribution in [3.63, 3.8) is 0 Å². The number of aromatic nitrogens is 2. The van der Waals surface area contributed by atoms with E-state index in [2.05, 4.69) is 31.7 Å². The highest BCUT2D eigenvalue weighted by molar-refractivity contribution is 9.10. The molecule has 8 heteroatoms. The number of hydrogen-bond acceptors (Lipinski definition) is 3. The molecule has 4 aromatic rings. The first-order valence-corrected chi connectivity index (χ1v) is 10.5. The molecular weight excluding hydrogens is 479 g/mol. The molecule has 0 saturated carbocycles. The molecule has 0 spiro atoms. The third-order valence-electron chi connectivity index (χ3n) is 4.43. The Bertz CT molecular complexity index is 1220. The van der Waals surface area contributed by atoms with Crippen LogP contribution < -0.4 is 10.6 Å². The van der Waals surface area contributed by atoms with E-state index in [1.54, 1.807) is 10.9 Å². The van der Waals surface area contributed by atoms with Crippen LogP contribution in [0.5, 0.6) is 0 Å². The number of rotatable bonds is 4. The van der Waals surface area contributed by atoms with Crippen LogP contribution in [0.2, 0.25) is 0 Å². The number of hydrogen-bond donors (Lipinski definition) is 2. The predicted octanol–water partition coefficient (Wildman–Crippen LogP) is 5.57. The van der Waals surface area contributed by atoms with E-state index in [1.807, 2.05) is 54.6 Å². The summed E-state index contributed by atoms with van der Waals surface area (Å²) in [4.78, 5) is 13.0. The summed E-state index contributed by atoms with van der Waals surface area (Å²) in [7, 11) is 0. The summed E-state index contributed by atoms with van der Waals surface area (Å²) >= 11 is 8.67. The lowest BCUT2D eigenvalue weighted by Gasteiger charge is -2.09. The zero-order valence-electron chi connectivity index (χ0n) is 16.0. The van der Waals surface area contributed by atoms with E-state index in [-0.39, 0.29) is 10.9 Å². The lowest BCUT2D eigenvalue weighted by molar-refractivity contribution is 0.0978. The third kappa shape index (κ3) is 5.04. The Morgan fingerprint density at radius 1 is 0.968 bits per heavy atom. The van der Waals surface area contributed by atoms with Crippen molar-refractivity contribution in [2.24, 2.45) is 0 Å². The molecule has 0 saturated heterocycles. The van der Waals surface area contributed by atoms with Crippen LogP contribution in [0.1, 0.15) is 10.4 Å². The van der Waals surface area contributed by atoms with E-state index in [0.29, 0.717) is 16.9 Å². The molecule has 4 rings (SSSR count). The Morgan fingerprint density at radius 3 is 2.32 bits per heavy atom. The van der Waals surface area contributed by atoms with Crippen molar-refractivity contribution in [1.29, 1.82) is 0 Å². The second-order valence-electron chi connectivity index (χ2n) is 6.59. The van der Waals surface area contributed by atoms with Crippen LogP contribution >= 0.6 is 28.1 Å². The smallest absolute Gasteiger partial charge is 0.261 e. The monoisotopic (exact) mass is 494 g/mol. The number of benzene rings is 3. The number of thiocarbonyl (C=S) groups is 1. The first-order chi connectivity index (χ1) is 15.0. The van der Waals surface area contributed by atoms with Gasteiger partial charge in [0.05, 0.1) is 11.3 Å². The van der Waals surface area contributed by atoms with E-state index in [1.165, 1.54) is 24.3 Å². The van der Waals surface area contributed by atoms with Crippen molar-refractivity contribution >= 4 is 44.9 Å². The van der Waals surface area contributed by atoms with Gasteiger partial charge >= 0.3 is 0 Å². The number of nitrogens with zero attached hydrogens (tertiary/aromatic N) is 2. The molecule has 0 aliphatic carbocycles. The third-order valence-corrected chi connectivity index (χ3v) is 5.16. The average Bonchev–Trinajstić information content (AvgIpc) is 3.22. The molecule has 0 fully saturated rings. The molecule has 0 atom stereocenters. The Hall–Kier alpha value is -3.36. The van der Waals surface area contributed by atoms with Crippen molar-refractivity contribution in [2.75, 3.05) is 5.32 Å². The molecule has 154 valence electrons. The van der Waals surface area contributed by atoms with Gasteiger partial charge in [0.2, 0.25) is 0 Å². The highest BCUT2D eigenvalue weighted by Crippen LogP contribution is 2.25. The van der Waals surface area contributed by atoms with Gasteiger partial charge in [0.15, 0.2) is 5.11 Å². The molecule has 2 N–H and O–H groups in total. The number of carbonyl (C=O) groups excluding carboxylic acids is 1. The molecule has 1 heterocycles. The number of halogens is 2. The number of anilines is 1. The molecule has 0 aliphatic rings. The van der Waals surface area contributed by atoms with E-state index < -0.39 is 5.91 Å². The second kappa shape index (κ2) is 9.20. The quantitative estimate of drug-likeness (QED) is 0.364. The summed E-state index contributed by atoms with van der Waals surface area (Å²) in [5.41, 5.74) is 3.08. The van der Waals surface area contributed by atoms with Crippen LogP contribution in [0.4, 0.5) is 10.1 Å². The van der Waals surface area contributed by atoms with Crippen molar-refractivity contribution in [2.45, 2.75) is 0 Å². The summed E-state index contributed by atoms with van der Waals surface area (Å²) < 4.78 is 15.7. The highest BCUT2D eigenvalue weighted by atomic mass is 79.9. The van der Waals surface area contributed by atoms with Gasteiger partial charge in [0, 0.05) is 21.9 Å². The first kappa shape index (κ1) is 20.9. The van der Waals surface area contributed by atoms with Crippen LogP contribution in [0.3, 0.4) is 0 Å². The van der Waals surface area contributed by atoms with Gasteiger partial charge in [-0.15, -0.1) is 0 Å². The number of carbonyl (C=O) groups is 1. The summed E-state index contributed by atoms with van der Waals surface area (Å²) in [6, 6.07) is 22.8. The number of amides is 1. The molecule has 0 bridgehead atoms. The van der Waals surface area contributed by atoms with Gasteiger partial charge in [0.25, 0.3) is 5.91 Å². The Labute approximate surface area is 192 Å². The van der Waals surface area contributed by atoms with Gasteiger partial charge in [-0.25, -0.2) is 9.07 Å². The van der Waals surface area contributed by atoms with Gasteiger partial charge in [-0.3, -0.25) is 10.1 Å². The van der Waals surface area contributed by atoms with Crippen molar-refractivity contribution < 1.29 is 9.18 Å². The van der Waals surface area contributed by atoms with E-state index in [0.717, 1.165) is 15.7 Å². The fourth-order valence-corrected chi connectivity index (χ4v) is 3.41. The Morgan fingerprint density at radius 2 is 1.65 bits per heavy atom. The van der Waals surface area contributed by atoms with Gasteiger partial charge in [-0.1, -0.05) is 46.3 Å². The zero-order chi connectivity index (χ0) is 21.8. The molecule has 3 aromatic carbocycles. The minimum absolute atomic E-state index is 0.103. The fourth-order valence-electron chi connectivity index (χ4n) is 2.94. The second-order valence-corrected chi connectivity index (χ2v) is 7.92. The van der Waals surface area contributed by atoms with Crippen LogP contribution in [0.25, 0.3) is 16.9 Å². The molecule has 0 unspecified atom stereocenters. The molecule has 1 amide bonds. The zero-order valence-corrected chi connectivity index (χ0v) is 18.5. The SMILES string of the molecule is O=C(NC(=S)Nc1ccc(F)cc1)c1cn(-c2ccccc2)nc1-c1ccc(Br)cc1. The molecule has 0 aliphatic heterocycles. The topological polar surface area (TPSA) is 59.0 Å². The maximum atomic E-state index is 13.1. The fraction of sp³-hybridized carbons (Fsp3) is 0. The molecule has 31 heavy (non-hydrogen) atoms. The van der Waals surface area contributed by atoms with Crippen LogP contribution in [-0.2, 0) is 0 Å². The van der Waals surface area contributed by atoms with Crippen LogP contribution in [0, 0.1) is 5.82 Å². The number of para-hydroxylation sites is 1. The van der Waals surface area contributed by atoms with Crippen LogP contribution in [-0.4, -0.2) is 20.8 Å². The minimum Gasteiger partial charge on any atom is -0.332 e. The lowest BCUT2D eigenvalue weighted by Crippen LogP contribution is -2.34. The average molecular weight is 495 g/mol. The number of nitrogens with one attached hydrogen (secondary N) is 2. The Balaban J connectivity index is 1.62. The van der Waals surface area contributed by atoms with Crippen molar-refractivity contribution in [3.8, 4) is 16.9 Å². The molecule has 0 radical (unpaired) electrons. The van der Waals surface area contributed by atoms with E-state index >= 15 is 0 Å². The maximum absolute atomic E-state index is 13.1. The maximum Gasteiger partial charge on any atom is 0.261 e. The van der Waals surface area contributed by atoms with E-state index in [4.69, 9.17) is 12.2 Å². The predicted molar refractivity (Wildman–Crippen MR) is 127 cm³/mol. The van der Waals surface area contributed by atoms with Crippen molar-refractivity contribution in [1.82, 2.24) is 15.1 Å². The van der Waals surface area contributed by atoms with Gasteiger partial charge < -0.3 is 5.32 Å². The van der Waals surface area contributed by atoms with E-state index in [9.17, 15) is 9.18 Å². The standard InChI is InChI=1S/C23H16BrFN4OS/c24-16-8-6-15(7-9-16)21-20(14-29(28-21)19-4-2-1-3-5-19)22(30)27-23(31)26-18-12-10-17(25)11-13-18/h1-14H,(H2,26,27,30,31). The summed E-state index contributed by atoms with van der Waals surface area (Å²) in [6.07, 6.45) is 1.67. The van der Waals surface area contributed by atoms with Gasteiger partial charge in [-0.05, 0) is 60.7 Å². The molecule has 5 nitrogen and oxygen atoms in total. The van der Waals surface area contributed by atoms with Crippen LogP contribution in [0.15, 0.2) is 89.5 Å². The largest absolute Gasteiger partial charge is 0.332 e. The van der Waals surface area contributed by atoms with Crippen molar-refractivity contribution in [3.05, 3.63) is 101 Å². The highest BCUT2D eigenvalue weighted by Gasteiger charge is 2.19. The first-order valence-electron chi connectivity index (χ1n) is 9.28. The lowest BCUT2D eigenvalue weighted by atomic mass is 10.1. The molecule has 1 aromatic heterocycles. The normalized spacial score (nSPS) is 10.5. The van der Waals surface area contributed by atoms with Gasteiger partial charge in [0.1, 0.15) is 11.5 Å². The Kier molecular flexibility index (Phi) is 6.20. The summed E-state index contributed by atoms with van der Waals surface area (Å²) in [5.74, 6) is -0.757. The van der Waals surface area contributed by atoms with Gasteiger partial charge in [-0.2, -0.15) is 5.10 Å². The summed E-state index contributed by atoms with van der Waals surface area (Å²) in [5, 5.41) is 10.3. The summed E-state index contributed by atoms with van der Waals surface area (Å²) in [6.45, 7) is 0. The minimum atomic E-state index is -0.403. The molecular formula is C23H16BrFN4OS.